The van der Waals surface area contributed by atoms with E-state index in [9.17, 15) is 10.1 Å². The highest BCUT2D eigenvalue weighted by Gasteiger charge is 2.17. The van der Waals surface area contributed by atoms with E-state index in [4.69, 9.17) is 9.72 Å². The third-order valence-electron chi connectivity index (χ3n) is 5.20. The maximum atomic E-state index is 11.2. The zero-order valence-electron chi connectivity index (χ0n) is 17.5. The number of nitrogens with zero attached hydrogens (tertiary/aromatic N) is 2. The summed E-state index contributed by atoms with van der Waals surface area (Å²) in [6.07, 6.45) is 0. The van der Waals surface area contributed by atoms with Crippen molar-refractivity contribution in [2.45, 2.75) is 0 Å². The van der Waals surface area contributed by atoms with Crippen molar-refractivity contribution in [2.24, 2.45) is 0 Å². The molecular formula is C27H19N3O3. The molecule has 33 heavy (non-hydrogen) atoms. The summed E-state index contributed by atoms with van der Waals surface area (Å²) in [5, 5.41) is 11.2. The molecule has 1 N–H and O–H groups in total. The molecule has 160 valence electrons. The summed E-state index contributed by atoms with van der Waals surface area (Å²) in [5.41, 5.74) is 4.15. The third-order valence-corrected chi connectivity index (χ3v) is 5.20. The second-order valence-corrected chi connectivity index (χ2v) is 7.42. The second kappa shape index (κ2) is 8.80. The first-order chi connectivity index (χ1) is 16.2. The molecule has 0 saturated heterocycles. The monoisotopic (exact) mass is 433 g/mol. The van der Waals surface area contributed by atoms with Gasteiger partial charge in [-0.15, -0.1) is 0 Å². The highest BCUT2D eigenvalue weighted by molar-refractivity contribution is 5.81. The lowest BCUT2D eigenvalue weighted by Gasteiger charge is -2.07. The van der Waals surface area contributed by atoms with E-state index in [0.717, 1.165) is 34.0 Å². The summed E-state index contributed by atoms with van der Waals surface area (Å²) in [7, 11) is 0. The fourth-order valence-corrected chi connectivity index (χ4v) is 3.60. The van der Waals surface area contributed by atoms with Crippen molar-refractivity contribution >= 4 is 5.69 Å². The van der Waals surface area contributed by atoms with Crippen molar-refractivity contribution in [1.29, 1.82) is 0 Å². The Hall–Kier alpha value is -4.71. The summed E-state index contributed by atoms with van der Waals surface area (Å²) in [6.45, 7) is 0. The molecule has 0 unspecified atom stereocenters. The fourth-order valence-electron chi connectivity index (χ4n) is 3.60. The van der Waals surface area contributed by atoms with Crippen LogP contribution >= 0.6 is 0 Å². The lowest BCUT2D eigenvalue weighted by Crippen LogP contribution is -1.89. The number of aromatic nitrogens is 2. The zero-order chi connectivity index (χ0) is 22.6. The smallest absolute Gasteiger partial charge is 0.270 e. The minimum absolute atomic E-state index is 0.0223. The number of nitro groups is 1. The molecule has 0 aliphatic carbocycles. The lowest BCUT2D eigenvalue weighted by molar-refractivity contribution is -0.384. The van der Waals surface area contributed by atoms with Gasteiger partial charge >= 0.3 is 0 Å². The van der Waals surface area contributed by atoms with Crippen LogP contribution in [-0.4, -0.2) is 14.9 Å². The summed E-state index contributed by atoms with van der Waals surface area (Å²) < 4.78 is 5.90. The number of non-ortho nitro benzene ring substituents is 1. The molecule has 5 rings (SSSR count). The van der Waals surface area contributed by atoms with Gasteiger partial charge < -0.3 is 9.72 Å². The molecule has 6 nitrogen and oxygen atoms in total. The fraction of sp³-hybridized carbons (Fsp3) is 0. The van der Waals surface area contributed by atoms with Crippen molar-refractivity contribution in [3.8, 4) is 45.4 Å². The first-order valence-electron chi connectivity index (χ1n) is 10.4. The van der Waals surface area contributed by atoms with E-state index in [2.05, 4.69) is 4.98 Å². The van der Waals surface area contributed by atoms with Gasteiger partial charge in [0.2, 0.25) is 0 Å². The number of ether oxygens (including phenoxy) is 1. The van der Waals surface area contributed by atoms with Crippen LogP contribution in [0.1, 0.15) is 0 Å². The van der Waals surface area contributed by atoms with Crippen LogP contribution < -0.4 is 4.74 Å². The van der Waals surface area contributed by atoms with Crippen LogP contribution in [0.15, 0.2) is 109 Å². The van der Waals surface area contributed by atoms with Crippen LogP contribution in [0.3, 0.4) is 0 Å². The zero-order valence-corrected chi connectivity index (χ0v) is 17.5. The van der Waals surface area contributed by atoms with Gasteiger partial charge in [-0.1, -0.05) is 60.7 Å². The summed E-state index contributed by atoms with van der Waals surface area (Å²) in [6, 6.07) is 33.7. The Morgan fingerprint density at radius 1 is 0.697 bits per heavy atom. The maximum absolute atomic E-state index is 11.2. The molecule has 0 spiro atoms. The van der Waals surface area contributed by atoms with E-state index in [1.54, 1.807) is 12.1 Å². The second-order valence-electron chi connectivity index (χ2n) is 7.42. The van der Waals surface area contributed by atoms with Crippen LogP contribution in [0.2, 0.25) is 0 Å². The number of hydrogen-bond acceptors (Lipinski definition) is 4. The van der Waals surface area contributed by atoms with Gasteiger partial charge in [0.15, 0.2) is 0 Å². The molecule has 5 aromatic rings. The number of imidazole rings is 1. The van der Waals surface area contributed by atoms with Crippen LogP contribution in [0, 0.1) is 10.1 Å². The molecule has 1 heterocycles. The Kier molecular flexibility index (Phi) is 5.39. The lowest BCUT2D eigenvalue weighted by atomic mass is 10.1. The SMILES string of the molecule is O=[N+]([O-])c1cccc(-c2nc(-c3ccccc3)c(-c3ccc(Oc4ccccc4)cc3)[nH]2)c1. The first kappa shape index (κ1) is 20.2. The van der Waals surface area contributed by atoms with Gasteiger partial charge in [0.25, 0.3) is 5.69 Å². The molecule has 4 aromatic carbocycles. The standard InChI is InChI=1S/C27H19N3O3/c31-30(32)22-11-7-10-21(18-22)27-28-25(19-8-3-1-4-9-19)26(29-27)20-14-16-24(17-15-20)33-23-12-5-2-6-13-23/h1-18H,(H,28,29). The summed E-state index contributed by atoms with van der Waals surface area (Å²) in [4.78, 5) is 19.0. The van der Waals surface area contributed by atoms with Gasteiger partial charge in [-0.2, -0.15) is 0 Å². The van der Waals surface area contributed by atoms with Crippen LogP contribution in [-0.2, 0) is 0 Å². The number of H-pyrrole nitrogens is 1. The molecule has 0 amide bonds. The van der Waals surface area contributed by atoms with Crippen LogP contribution in [0.5, 0.6) is 11.5 Å². The normalized spacial score (nSPS) is 10.7. The molecular weight excluding hydrogens is 414 g/mol. The number of benzene rings is 4. The Labute approximate surface area is 190 Å². The van der Waals surface area contributed by atoms with Crippen molar-refractivity contribution in [1.82, 2.24) is 9.97 Å². The van der Waals surface area contributed by atoms with E-state index in [1.807, 2.05) is 84.9 Å². The Balaban J connectivity index is 1.55. The Bertz CT molecular complexity index is 1400. The minimum Gasteiger partial charge on any atom is -0.457 e. The van der Waals surface area contributed by atoms with Crippen molar-refractivity contribution < 1.29 is 9.66 Å². The van der Waals surface area contributed by atoms with Gasteiger partial charge in [0, 0.05) is 28.8 Å². The highest BCUT2D eigenvalue weighted by Crippen LogP contribution is 2.34. The van der Waals surface area contributed by atoms with Crippen molar-refractivity contribution in [3.63, 3.8) is 0 Å². The molecule has 6 heteroatoms. The van der Waals surface area contributed by atoms with E-state index < -0.39 is 4.92 Å². The number of aromatic amines is 1. The average Bonchev–Trinajstić information content (AvgIpc) is 3.31. The summed E-state index contributed by atoms with van der Waals surface area (Å²) >= 11 is 0. The number of nitro benzene ring substituents is 1. The van der Waals surface area contributed by atoms with E-state index in [1.165, 1.54) is 12.1 Å². The first-order valence-corrected chi connectivity index (χ1v) is 10.4. The molecule has 0 fully saturated rings. The number of nitrogens with one attached hydrogen (secondary N) is 1. The van der Waals surface area contributed by atoms with E-state index >= 15 is 0 Å². The van der Waals surface area contributed by atoms with Crippen molar-refractivity contribution in [2.75, 3.05) is 0 Å². The summed E-state index contributed by atoms with van der Waals surface area (Å²) in [5.74, 6) is 2.06. The minimum atomic E-state index is -0.406. The Morgan fingerprint density at radius 3 is 2.03 bits per heavy atom. The number of para-hydroxylation sites is 1. The van der Waals surface area contributed by atoms with Gasteiger partial charge in [-0.05, 0) is 36.4 Å². The van der Waals surface area contributed by atoms with Gasteiger partial charge in [0.1, 0.15) is 17.3 Å². The maximum Gasteiger partial charge on any atom is 0.270 e. The molecule has 0 bridgehead atoms. The van der Waals surface area contributed by atoms with E-state index in [0.29, 0.717) is 11.4 Å². The topological polar surface area (TPSA) is 81.1 Å². The highest BCUT2D eigenvalue weighted by atomic mass is 16.6. The number of hydrogen-bond donors (Lipinski definition) is 1. The van der Waals surface area contributed by atoms with Gasteiger partial charge in [-0.25, -0.2) is 4.98 Å². The largest absolute Gasteiger partial charge is 0.457 e. The molecule has 1 aromatic heterocycles. The van der Waals surface area contributed by atoms with Gasteiger partial charge in [-0.3, -0.25) is 10.1 Å². The molecule has 0 aliphatic rings. The predicted molar refractivity (Wildman–Crippen MR) is 128 cm³/mol. The number of rotatable bonds is 6. The van der Waals surface area contributed by atoms with Crippen LogP contribution in [0.4, 0.5) is 5.69 Å². The predicted octanol–water partition coefficient (Wildman–Crippen LogP) is 7.11. The Morgan fingerprint density at radius 2 is 1.33 bits per heavy atom. The molecule has 0 atom stereocenters. The third kappa shape index (κ3) is 4.36. The van der Waals surface area contributed by atoms with Gasteiger partial charge in [0.05, 0.1) is 16.3 Å². The quantitative estimate of drug-likeness (QED) is 0.228. The van der Waals surface area contributed by atoms with Crippen molar-refractivity contribution in [3.05, 3.63) is 119 Å². The average molecular weight is 433 g/mol. The van der Waals surface area contributed by atoms with E-state index in [-0.39, 0.29) is 5.69 Å². The van der Waals surface area contributed by atoms with Crippen LogP contribution in [0.25, 0.3) is 33.9 Å². The molecule has 0 aliphatic heterocycles. The molecule has 0 saturated carbocycles. The molecule has 0 radical (unpaired) electrons.